The highest BCUT2D eigenvalue weighted by Gasteiger charge is 2.31. The van der Waals surface area contributed by atoms with Crippen LogP contribution in [0.4, 0.5) is 10.3 Å². The molecule has 0 saturated heterocycles. The maximum atomic E-state index is 14.5. The second-order valence-electron chi connectivity index (χ2n) is 6.50. The van der Waals surface area contributed by atoms with Gasteiger partial charge in [-0.3, -0.25) is 4.79 Å². The van der Waals surface area contributed by atoms with Crippen molar-refractivity contribution >= 4 is 23.2 Å². The molecule has 0 bridgehead atoms. The van der Waals surface area contributed by atoms with Gasteiger partial charge in [-0.1, -0.05) is 11.3 Å². The first-order chi connectivity index (χ1) is 13.9. The molecule has 1 atom stereocenters. The average Bonchev–Trinajstić information content (AvgIpc) is 3.16. The molecule has 0 fully saturated rings. The minimum absolute atomic E-state index is 0.0735. The molecule has 2 aromatic heterocycles. The van der Waals surface area contributed by atoms with E-state index in [0.717, 1.165) is 0 Å². The fourth-order valence-electron chi connectivity index (χ4n) is 3.47. The van der Waals surface area contributed by atoms with Gasteiger partial charge in [0, 0.05) is 17.4 Å². The van der Waals surface area contributed by atoms with Gasteiger partial charge in [-0.25, -0.2) is 19.3 Å². The molecule has 1 aliphatic rings. The van der Waals surface area contributed by atoms with E-state index in [1.165, 1.54) is 31.6 Å². The third-order valence-electron chi connectivity index (χ3n) is 4.75. The lowest BCUT2D eigenvalue weighted by molar-refractivity contribution is 0.0922. The van der Waals surface area contributed by atoms with E-state index < -0.39 is 11.9 Å². The summed E-state index contributed by atoms with van der Waals surface area (Å²) in [5.41, 5.74) is 8.99. The van der Waals surface area contributed by atoms with Crippen LogP contribution >= 0.6 is 11.3 Å². The van der Waals surface area contributed by atoms with Crippen LogP contribution in [0, 0.1) is 12.7 Å². The van der Waals surface area contributed by atoms with Crippen molar-refractivity contribution in [3.63, 3.8) is 0 Å². The summed E-state index contributed by atoms with van der Waals surface area (Å²) in [7, 11) is 2.91. The molecule has 4 rings (SSSR count). The zero-order valence-electron chi connectivity index (χ0n) is 15.9. The normalized spacial score (nSPS) is 15.6. The molecule has 8 nitrogen and oxygen atoms in total. The van der Waals surface area contributed by atoms with E-state index in [9.17, 15) is 9.18 Å². The van der Waals surface area contributed by atoms with Crippen molar-refractivity contribution in [1.29, 1.82) is 0 Å². The molecule has 0 radical (unpaired) electrons. The van der Waals surface area contributed by atoms with Crippen LogP contribution in [0.15, 0.2) is 17.5 Å². The molecule has 10 heteroatoms. The number of nitrogen functional groups attached to an aromatic ring is 1. The highest BCUT2D eigenvalue weighted by atomic mass is 32.1. The summed E-state index contributed by atoms with van der Waals surface area (Å²) in [6.07, 6.45) is 0.373. The van der Waals surface area contributed by atoms with Gasteiger partial charge in [-0.15, -0.1) is 0 Å². The minimum atomic E-state index is -0.525. The van der Waals surface area contributed by atoms with Crippen molar-refractivity contribution in [2.45, 2.75) is 19.4 Å². The first-order valence-electron chi connectivity index (χ1n) is 8.72. The number of hydrogen-bond donors (Lipinski definition) is 2. The van der Waals surface area contributed by atoms with Crippen molar-refractivity contribution in [2.75, 3.05) is 20.0 Å². The van der Waals surface area contributed by atoms with E-state index in [4.69, 9.17) is 15.2 Å². The van der Waals surface area contributed by atoms with Gasteiger partial charge in [-0.2, -0.15) is 0 Å². The summed E-state index contributed by atoms with van der Waals surface area (Å²) in [6, 6.07) is 2.45. The maximum absolute atomic E-state index is 14.5. The number of fused-ring (bicyclic) bond motifs is 1. The summed E-state index contributed by atoms with van der Waals surface area (Å²) in [4.78, 5) is 25.4. The molecule has 0 saturated carbocycles. The first-order valence-corrected chi connectivity index (χ1v) is 9.60. The Morgan fingerprint density at radius 1 is 1.24 bits per heavy atom. The van der Waals surface area contributed by atoms with Crippen LogP contribution in [0.5, 0.6) is 10.9 Å². The quantitative estimate of drug-likeness (QED) is 0.674. The number of aromatic nitrogens is 3. The number of carbonyl (C=O) groups is 1. The minimum Gasteiger partial charge on any atom is -0.494 e. The summed E-state index contributed by atoms with van der Waals surface area (Å²) in [5, 5.41) is 5.18. The summed E-state index contributed by atoms with van der Waals surface area (Å²) < 4.78 is 24.8. The largest absolute Gasteiger partial charge is 0.494 e. The Balaban J connectivity index is 1.84. The summed E-state index contributed by atoms with van der Waals surface area (Å²) >= 11 is 1.30. The molecule has 0 unspecified atom stereocenters. The summed E-state index contributed by atoms with van der Waals surface area (Å²) in [5.74, 6) is -0.651. The van der Waals surface area contributed by atoms with Gasteiger partial charge in [-0.05, 0) is 24.6 Å². The second kappa shape index (κ2) is 7.28. The fraction of sp³-hybridized carbons (Fsp3) is 0.263. The van der Waals surface area contributed by atoms with Crippen LogP contribution < -0.4 is 20.5 Å². The third kappa shape index (κ3) is 3.35. The van der Waals surface area contributed by atoms with Crippen LogP contribution in [0.1, 0.15) is 33.4 Å². The van der Waals surface area contributed by atoms with Gasteiger partial charge in [0.05, 0.1) is 42.9 Å². The Morgan fingerprint density at radius 3 is 2.72 bits per heavy atom. The second-order valence-corrected chi connectivity index (χ2v) is 7.32. The zero-order valence-corrected chi connectivity index (χ0v) is 16.8. The smallest absolute Gasteiger partial charge is 0.273 e. The van der Waals surface area contributed by atoms with Crippen molar-refractivity contribution in [3.8, 4) is 22.2 Å². The number of nitrogens with two attached hydrogens (primary N) is 1. The van der Waals surface area contributed by atoms with Crippen LogP contribution in [0.2, 0.25) is 0 Å². The van der Waals surface area contributed by atoms with Crippen molar-refractivity contribution in [1.82, 2.24) is 20.3 Å². The van der Waals surface area contributed by atoms with Gasteiger partial charge in [0.25, 0.3) is 11.1 Å². The first kappa shape index (κ1) is 19.1. The SMILES string of the molecule is COc1nc(-c2cc(F)c(OC)cc2[C@H]2Cc3nc(N)nc(C)c3C(=O)N2)cs1. The molecule has 150 valence electrons. The Labute approximate surface area is 169 Å². The standard InChI is InChI=1S/C19H18FN5O3S/c1-8-16-13(24-18(21)22-8)6-12(23-17(16)26)10-5-15(27-2)11(20)4-9(10)14-7-29-19(25-14)28-3/h4-5,7,12H,6H2,1-3H3,(H,23,26)(H2,21,22,24)/t12-/m1/s1. The van der Waals surface area contributed by atoms with Gasteiger partial charge in [0.1, 0.15) is 0 Å². The topological polar surface area (TPSA) is 112 Å². The predicted octanol–water partition coefficient (Wildman–Crippen LogP) is 2.67. The Bertz CT molecular complexity index is 1120. The van der Waals surface area contributed by atoms with E-state index in [1.54, 1.807) is 18.4 Å². The fourth-order valence-corrected chi connectivity index (χ4v) is 4.11. The lowest BCUT2D eigenvalue weighted by atomic mass is 9.90. The molecule has 1 aliphatic heterocycles. The van der Waals surface area contributed by atoms with Crippen LogP contribution in [-0.2, 0) is 6.42 Å². The number of ether oxygens (including phenoxy) is 2. The van der Waals surface area contributed by atoms with Crippen LogP contribution in [-0.4, -0.2) is 35.1 Å². The van der Waals surface area contributed by atoms with Gasteiger partial charge in [0.2, 0.25) is 5.95 Å². The number of methoxy groups -OCH3 is 2. The van der Waals surface area contributed by atoms with E-state index >= 15 is 0 Å². The molecule has 0 aliphatic carbocycles. The number of carbonyl (C=O) groups excluding carboxylic acids is 1. The molecule has 3 N–H and O–H groups in total. The molecule has 1 amide bonds. The summed E-state index contributed by atoms with van der Waals surface area (Å²) in [6.45, 7) is 1.71. The molecule has 3 aromatic rings. The predicted molar refractivity (Wildman–Crippen MR) is 106 cm³/mol. The van der Waals surface area contributed by atoms with E-state index in [1.807, 2.05) is 0 Å². The van der Waals surface area contributed by atoms with Crippen molar-refractivity contribution in [3.05, 3.63) is 45.8 Å². The number of hydrogen-bond acceptors (Lipinski definition) is 8. The molecule has 29 heavy (non-hydrogen) atoms. The average molecular weight is 415 g/mol. The highest BCUT2D eigenvalue weighted by molar-refractivity contribution is 7.11. The number of benzene rings is 1. The van der Waals surface area contributed by atoms with E-state index in [0.29, 0.717) is 45.4 Å². The number of nitrogens with one attached hydrogen (secondary N) is 1. The lowest BCUT2D eigenvalue weighted by Crippen LogP contribution is -2.37. The highest BCUT2D eigenvalue weighted by Crippen LogP contribution is 2.38. The van der Waals surface area contributed by atoms with Gasteiger partial charge >= 0.3 is 0 Å². The van der Waals surface area contributed by atoms with Gasteiger partial charge < -0.3 is 20.5 Å². The molecule has 0 spiro atoms. The zero-order chi connectivity index (χ0) is 20.7. The number of anilines is 1. The van der Waals surface area contributed by atoms with E-state index in [-0.39, 0.29) is 17.6 Å². The van der Waals surface area contributed by atoms with Crippen LogP contribution in [0.25, 0.3) is 11.3 Å². The molecule has 1 aromatic carbocycles. The molecule has 3 heterocycles. The third-order valence-corrected chi connectivity index (χ3v) is 5.55. The Hall–Kier alpha value is -3.27. The molecular weight excluding hydrogens is 397 g/mol. The van der Waals surface area contributed by atoms with Gasteiger partial charge in [0.15, 0.2) is 11.6 Å². The molecular formula is C19H18FN5O3S. The number of nitrogens with zero attached hydrogens (tertiary/aromatic N) is 3. The maximum Gasteiger partial charge on any atom is 0.273 e. The van der Waals surface area contributed by atoms with E-state index in [2.05, 4.69) is 20.3 Å². The number of thiazole rings is 1. The number of aryl methyl sites for hydroxylation is 1. The Kier molecular flexibility index (Phi) is 4.79. The van der Waals surface area contributed by atoms with Crippen LogP contribution in [0.3, 0.4) is 0 Å². The lowest BCUT2D eigenvalue weighted by Gasteiger charge is -2.27. The monoisotopic (exact) mass is 415 g/mol. The van der Waals surface area contributed by atoms with Crippen molar-refractivity contribution < 1.29 is 18.7 Å². The number of halogens is 1. The number of amides is 1. The number of rotatable bonds is 4. The Morgan fingerprint density at radius 2 is 2.03 bits per heavy atom. The van der Waals surface area contributed by atoms with Crippen molar-refractivity contribution in [2.24, 2.45) is 0 Å².